The number of aryl methyl sites for hydroxylation is 1. The highest BCUT2D eigenvalue weighted by Gasteiger charge is 2.21. The molecule has 1 saturated heterocycles. The maximum Gasteiger partial charge on any atom is 0.0834 e. The first-order chi connectivity index (χ1) is 9.26. The fourth-order valence-electron chi connectivity index (χ4n) is 2.78. The zero-order valence-corrected chi connectivity index (χ0v) is 12.6. The summed E-state index contributed by atoms with van der Waals surface area (Å²) in [7, 11) is 1.98. The Labute approximate surface area is 120 Å². The minimum atomic E-state index is 0.250. The predicted molar refractivity (Wildman–Crippen MR) is 77.5 cm³/mol. The van der Waals surface area contributed by atoms with Gasteiger partial charge in [-0.1, -0.05) is 11.6 Å². The number of rotatable bonds is 6. The van der Waals surface area contributed by atoms with Gasteiger partial charge in [-0.05, 0) is 46.1 Å². The van der Waals surface area contributed by atoms with Crippen molar-refractivity contribution in [1.82, 2.24) is 15.1 Å². The van der Waals surface area contributed by atoms with E-state index in [9.17, 15) is 0 Å². The molecule has 2 rings (SSSR count). The standard InChI is InChI=1S/C14H24ClN3O/c1-3-18-14(12(15)10-17-18)13(16-2)8-7-11-6-4-5-9-19-11/h10-11,13,16H,3-9H2,1-2H3. The molecule has 1 aliphatic rings. The van der Waals surface area contributed by atoms with Gasteiger partial charge in [0.1, 0.15) is 0 Å². The Bertz CT molecular complexity index is 388. The van der Waals surface area contributed by atoms with Crippen molar-refractivity contribution < 1.29 is 4.74 Å². The van der Waals surface area contributed by atoms with Gasteiger partial charge in [0.25, 0.3) is 0 Å². The van der Waals surface area contributed by atoms with Crippen LogP contribution in [-0.2, 0) is 11.3 Å². The molecular weight excluding hydrogens is 262 g/mol. The van der Waals surface area contributed by atoms with Crippen molar-refractivity contribution in [3.63, 3.8) is 0 Å². The Morgan fingerprint density at radius 3 is 3.05 bits per heavy atom. The van der Waals surface area contributed by atoms with Gasteiger partial charge in [-0.25, -0.2) is 0 Å². The van der Waals surface area contributed by atoms with Crippen LogP contribution in [0.2, 0.25) is 5.02 Å². The van der Waals surface area contributed by atoms with Crippen LogP contribution >= 0.6 is 11.6 Å². The molecule has 2 unspecified atom stereocenters. The van der Waals surface area contributed by atoms with Gasteiger partial charge in [0.15, 0.2) is 0 Å². The normalized spacial score (nSPS) is 21.5. The van der Waals surface area contributed by atoms with Gasteiger partial charge in [0, 0.05) is 13.2 Å². The van der Waals surface area contributed by atoms with Crippen molar-refractivity contribution in [2.45, 2.75) is 57.7 Å². The fraction of sp³-hybridized carbons (Fsp3) is 0.786. The molecule has 1 aromatic rings. The molecule has 1 N–H and O–H groups in total. The molecule has 1 aromatic heterocycles. The molecule has 0 spiro atoms. The molecule has 0 amide bonds. The zero-order chi connectivity index (χ0) is 13.7. The molecule has 2 atom stereocenters. The lowest BCUT2D eigenvalue weighted by Crippen LogP contribution is -2.24. The summed E-state index contributed by atoms with van der Waals surface area (Å²) >= 11 is 6.26. The number of ether oxygens (including phenoxy) is 1. The first-order valence-corrected chi connectivity index (χ1v) is 7.64. The topological polar surface area (TPSA) is 39.1 Å². The van der Waals surface area contributed by atoms with E-state index in [-0.39, 0.29) is 6.04 Å². The molecule has 0 bridgehead atoms. The van der Waals surface area contributed by atoms with Crippen LogP contribution in [0.15, 0.2) is 6.20 Å². The lowest BCUT2D eigenvalue weighted by Gasteiger charge is -2.25. The van der Waals surface area contributed by atoms with E-state index in [0.717, 1.165) is 36.7 Å². The Hall–Kier alpha value is -0.580. The van der Waals surface area contributed by atoms with Crippen molar-refractivity contribution in [2.24, 2.45) is 0 Å². The second kappa shape index (κ2) is 7.27. The molecule has 5 heteroatoms. The van der Waals surface area contributed by atoms with Crippen LogP contribution in [0.4, 0.5) is 0 Å². The summed E-state index contributed by atoms with van der Waals surface area (Å²) in [5.74, 6) is 0. The summed E-state index contributed by atoms with van der Waals surface area (Å²) < 4.78 is 7.77. The number of aromatic nitrogens is 2. The van der Waals surface area contributed by atoms with Crippen molar-refractivity contribution in [3.05, 3.63) is 16.9 Å². The van der Waals surface area contributed by atoms with E-state index < -0.39 is 0 Å². The zero-order valence-electron chi connectivity index (χ0n) is 11.9. The first kappa shape index (κ1) is 14.8. The molecule has 1 aliphatic heterocycles. The van der Waals surface area contributed by atoms with Gasteiger partial charge >= 0.3 is 0 Å². The molecule has 108 valence electrons. The average molecular weight is 286 g/mol. The van der Waals surface area contributed by atoms with E-state index >= 15 is 0 Å². The third kappa shape index (κ3) is 3.71. The predicted octanol–water partition coefficient (Wildman–Crippen LogP) is 3.17. The highest BCUT2D eigenvalue weighted by molar-refractivity contribution is 6.31. The number of nitrogens with one attached hydrogen (secondary N) is 1. The van der Waals surface area contributed by atoms with Crippen LogP contribution in [0.1, 0.15) is 50.8 Å². The van der Waals surface area contributed by atoms with Gasteiger partial charge < -0.3 is 10.1 Å². The Kier molecular flexibility index (Phi) is 5.67. The smallest absolute Gasteiger partial charge is 0.0834 e. The van der Waals surface area contributed by atoms with Crippen molar-refractivity contribution in [2.75, 3.05) is 13.7 Å². The van der Waals surface area contributed by atoms with E-state index in [1.165, 1.54) is 19.3 Å². The molecule has 0 radical (unpaired) electrons. The molecular formula is C14H24ClN3O. The molecule has 19 heavy (non-hydrogen) atoms. The van der Waals surface area contributed by atoms with Gasteiger partial charge in [-0.2, -0.15) is 5.10 Å². The summed E-state index contributed by atoms with van der Waals surface area (Å²) in [6.07, 6.45) is 7.96. The van der Waals surface area contributed by atoms with Crippen molar-refractivity contribution >= 4 is 11.6 Å². The molecule has 0 aromatic carbocycles. The lowest BCUT2D eigenvalue weighted by atomic mass is 10.00. The van der Waals surface area contributed by atoms with Crippen LogP contribution in [0, 0.1) is 0 Å². The summed E-state index contributed by atoms with van der Waals surface area (Å²) in [5, 5.41) is 8.43. The summed E-state index contributed by atoms with van der Waals surface area (Å²) in [6, 6.07) is 0.250. The Morgan fingerprint density at radius 1 is 1.58 bits per heavy atom. The quantitative estimate of drug-likeness (QED) is 0.873. The minimum Gasteiger partial charge on any atom is -0.378 e. The van der Waals surface area contributed by atoms with Crippen LogP contribution in [-0.4, -0.2) is 29.5 Å². The summed E-state index contributed by atoms with van der Waals surface area (Å²) in [4.78, 5) is 0. The molecule has 0 saturated carbocycles. The lowest BCUT2D eigenvalue weighted by molar-refractivity contribution is 0.00853. The monoisotopic (exact) mass is 285 g/mol. The van der Waals surface area contributed by atoms with Crippen LogP contribution in [0.5, 0.6) is 0 Å². The molecule has 2 heterocycles. The molecule has 0 aliphatic carbocycles. The molecule has 4 nitrogen and oxygen atoms in total. The van der Waals surface area contributed by atoms with Crippen molar-refractivity contribution in [1.29, 1.82) is 0 Å². The third-order valence-electron chi connectivity index (χ3n) is 3.86. The van der Waals surface area contributed by atoms with E-state index in [4.69, 9.17) is 16.3 Å². The number of halogens is 1. The highest BCUT2D eigenvalue weighted by atomic mass is 35.5. The SMILES string of the molecule is CCn1ncc(Cl)c1C(CCC1CCCCO1)NC. The summed E-state index contributed by atoms with van der Waals surface area (Å²) in [6.45, 7) is 3.85. The second-order valence-electron chi connectivity index (χ2n) is 5.10. The van der Waals surface area contributed by atoms with Gasteiger partial charge in [0.2, 0.25) is 0 Å². The van der Waals surface area contributed by atoms with Crippen LogP contribution < -0.4 is 5.32 Å². The van der Waals surface area contributed by atoms with E-state index in [1.807, 2.05) is 11.7 Å². The number of nitrogens with zero attached hydrogens (tertiary/aromatic N) is 2. The summed E-state index contributed by atoms with van der Waals surface area (Å²) in [5.41, 5.74) is 1.10. The fourth-order valence-corrected chi connectivity index (χ4v) is 3.05. The maximum absolute atomic E-state index is 6.26. The maximum atomic E-state index is 6.26. The second-order valence-corrected chi connectivity index (χ2v) is 5.51. The minimum absolute atomic E-state index is 0.250. The van der Waals surface area contributed by atoms with Gasteiger partial charge in [0.05, 0.1) is 29.1 Å². The third-order valence-corrected chi connectivity index (χ3v) is 4.15. The van der Waals surface area contributed by atoms with E-state index in [2.05, 4.69) is 17.3 Å². The number of hydrogen-bond acceptors (Lipinski definition) is 3. The number of hydrogen-bond donors (Lipinski definition) is 1. The van der Waals surface area contributed by atoms with Crippen LogP contribution in [0.25, 0.3) is 0 Å². The van der Waals surface area contributed by atoms with Gasteiger partial charge in [-0.15, -0.1) is 0 Å². The van der Waals surface area contributed by atoms with Crippen molar-refractivity contribution in [3.8, 4) is 0 Å². The Balaban J connectivity index is 1.97. The van der Waals surface area contributed by atoms with E-state index in [0.29, 0.717) is 6.10 Å². The molecule has 1 fully saturated rings. The Morgan fingerprint density at radius 2 is 2.42 bits per heavy atom. The largest absolute Gasteiger partial charge is 0.378 e. The van der Waals surface area contributed by atoms with Gasteiger partial charge in [-0.3, -0.25) is 4.68 Å². The average Bonchev–Trinajstić information content (AvgIpc) is 2.82. The highest BCUT2D eigenvalue weighted by Crippen LogP contribution is 2.28. The van der Waals surface area contributed by atoms with E-state index in [1.54, 1.807) is 6.20 Å². The first-order valence-electron chi connectivity index (χ1n) is 7.26. The van der Waals surface area contributed by atoms with Crippen LogP contribution in [0.3, 0.4) is 0 Å².